The fraction of sp³-hybridized carbons (Fsp3) is 0.426. The van der Waals surface area contributed by atoms with E-state index in [-0.39, 0.29) is 49.7 Å². The Balaban J connectivity index is 0.899. The maximum absolute atomic E-state index is 14.4. The molecule has 0 radical (unpaired) electrons. The number of hydrogen-bond donors (Lipinski definition) is 5. The van der Waals surface area contributed by atoms with Gasteiger partial charge < -0.3 is 44.2 Å². The average Bonchev–Trinajstić information content (AvgIpc) is 3.80. The zero-order valence-electron chi connectivity index (χ0n) is 39.7. The van der Waals surface area contributed by atoms with Gasteiger partial charge >= 0.3 is 21.3 Å². The third-order valence-corrected chi connectivity index (χ3v) is 16.6. The Kier molecular flexibility index (Phi) is 16.1. The van der Waals surface area contributed by atoms with Crippen LogP contribution in [0.25, 0.3) is 5.57 Å². The van der Waals surface area contributed by atoms with E-state index in [2.05, 4.69) is 82.9 Å². The predicted molar refractivity (Wildman–Crippen MR) is 260 cm³/mol. The summed E-state index contributed by atoms with van der Waals surface area (Å²) in [5.41, 5.74) is 5.08. The van der Waals surface area contributed by atoms with Crippen molar-refractivity contribution in [2.24, 2.45) is 0 Å². The molecule has 0 spiro atoms. The molecule has 0 bridgehead atoms. The number of anilines is 1. The van der Waals surface area contributed by atoms with Gasteiger partial charge in [-0.3, -0.25) is 33.0 Å². The number of carbonyl (C=O) groups is 2. The SMILES string of the molecule is CCN1CCCc2cc3c(cc21)Oc1cc2c(cc1=C3c1ccccc1C(=O)N(C)CCCC(=O)NCC#Cc1cn([C@H]3CC[C@@H](COP(=O)(O)OP(=O)(O)OP(=O)([O-])O)O3)c(=O)[nH]c1=O)CCC[N+]=2CC. The molecule has 5 atom stereocenters. The first-order valence-corrected chi connectivity index (χ1v) is 28.0. The molecule has 4 aliphatic heterocycles. The number of phosphoric acid groups is 3. The molecule has 3 unspecified atom stereocenters. The van der Waals surface area contributed by atoms with Gasteiger partial charge in [-0.05, 0) is 81.7 Å². The van der Waals surface area contributed by atoms with Crippen LogP contribution in [0.15, 0.2) is 64.3 Å². The number of rotatable bonds is 17. The first-order chi connectivity index (χ1) is 34.2. The molecule has 1 saturated heterocycles. The number of phosphoric ester groups is 1. The summed E-state index contributed by atoms with van der Waals surface area (Å²) in [6.45, 7) is 7.44. The summed E-state index contributed by atoms with van der Waals surface area (Å²) in [6, 6.07) is 16.4. The number of aromatic nitrogens is 2. The number of nitrogens with zero attached hydrogens (tertiary/aromatic N) is 4. The number of ether oxygens (including phenoxy) is 2. The molecule has 1 fully saturated rings. The van der Waals surface area contributed by atoms with Crippen molar-refractivity contribution in [3.05, 3.63) is 120 Å². The maximum atomic E-state index is 14.4. The van der Waals surface area contributed by atoms with Gasteiger partial charge in [-0.1, -0.05) is 30.0 Å². The van der Waals surface area contributed by atoms with Crippen molar-refractivity contribution in [1.82, 2.24) is 24.3 Å². The number of aryl methyl sites for hydroxylation is 2. The van der Waals surface area contributed by atoms with Crippen LogP contribution >= 0.6 is 23.5 Å². The van der Waals surface area contributed by atoms with E-state index in [1.165, 1.54) is 22.2 Å². The zero-order chi connectivity index (χ0) is 51.5. The van der Waals surface area contributed by atoms with E-state index in [9.17, 15) is 47.6 Å². The van der Waals surface area contributed by atoms with Gasteiger partial charge in [0.25, 0.3) is 19.3 Å². The molecule has 4 aliphatic rings. The molecule has 2 amide bonds. The Hall–Kier alpha value is -5.52. The van der Waals surface area contributed by atoms with Crippen molar-refractivity contribution in [1.29, 1.82) is 0 Å². The number of nitrogens with one attached hydrogen (secondary N) is 2. The molecule has 25 heteroatoms. The number of benzene rings is 3. The second kappa shape index (κ2) is 21.9. The van der Waals surface area contributed by atoms with Crippen LogP contribution in [-0.4, -0.2) is 100.0 Å². The molecular weight excluding hydrogens is 997 g/mol. The van der Waals surface area contributed by atoms with Crippen LogP contribution in [0.2, 0.25) is 0 Å². The lowest BCUT2D eigenvalue weighted by Gasteiger charge is -2.33. The van der Waals surface area contributed by atoms with E-state index in [0.717, 1.165) is 96.0 Å². The smallest absolute Gasteiger partial charge is 0.487 e. The van der Waals surface area contributed by atoms with Gasteiger partial charge in [-0.2, -0.15) is 4.31 Å². The van der Waals surface area contributed by atoms with Gasteiger partial charge in [0.05, 0.1) is 25.3 Å². The normalized spacial score (nSPS) is 19.5. The summed E-state index contributed by atoms with van der Waals surface area (Å²) in [5.74, 6) is 6.28. The van der Waals surface area contributed by atoms with Gasteiger partial charge in [0.2, 0.25) is 11.3 Å². The van der Waals surface area contributed by atoms with E-state index >= 15 is 0 Å². The summed E-state index contributed by atoms with van der Waals surface area (Å²) < 4.78 is 62.1. The van der Waals surface area contributed by atoms with Crippen LogP contribution in [0.4, 0.5) is 5.69 Å². The van der Waals surface area contributed by atoms with Crippen molar-refractivity contribution in [3.63, 3.8) is 0 Å². The Labute approximate surface area is 413 Å². The predicted octanol–water partition coefficient (Wildman–Crippen LogP) is 2.53. The third kappa shape index (κ3) is 12.3. The van der Waals surface area contributed by atoms with Crippen LogP contribution in [0.3, 0.4) is 0 Å². The molecule has 8 rings (SSSR count). The highest BCUT2D eigenvalue weighted by atomic mass is 31.3. The summed E-state index contributed by atoms with van der Waals surface area (Å²) in [6.07, 6.45) is 3.79. The molecule has 72 heavy (non-hydrogen) atoms. The Morgan fingerprint density at radius 3 is 2.53 bits per heavy atom. The van der Waals surface area contributed by atoms with Gasteiger partial charge in [0.15, 0.2) is 0 Å². The largest absolute Gasteiger partial charge is 0.756 e. The topological polar surface area (TPSA) is 292 Å². The Morgan fingerprint density at radius 2 is 1.76 bits per heavy atom. The van der Waals surface area contributed by atoms with E-state index < -0.39 is 53.7 Å². The van der Waals surface area contributed by atoms with Crippen molar-refractivity contribution < 1.29 is 65.5 Å². The average molecular weight is 1050 g/mol. The second-order valence-corrected chi connectivity index (χ2v) is 22.0. The number of hydrogen-bond acceptors (Lipinski definition) is 14. The molecular formula is C47H55N6O16P3. The van der Waals surface area contributed by atoms with Crippen molar-refractivity contribution in [3.8, 4) is 23.3 Å². The molecule has 4 aromatic rings. The quantitative estimate of drug-likeness (QED) is 0.0508. The summed E-state index contributed by atoms with van der Waals surface area (Å²) in [4.78, 5) is 97.1. The molecule has 5 heterocycles. The van der Waals surface area contributed by atoms with E-state index in [4.69, 9.17) is 14.4 Å². The standard InChI is InChI=1S/C47H55N6O16P3/c1-4-51-22-9-13-30-24-36-40(26-38(30)51)67-41-27-39-31(14-10-23-52(39)5-2)25-37(41)44(36)34-15-6-7-16-35(34)46(56)50(3)21-11-17-42(54)48-20-8-12-32-28-53(47(57)49-45(32)55)43-19-18-33(66-43)29-65-71(61,62)69-72(63,64)68-70(58,59)60/h6-7,15-16,24-28,33,43H,4-5,9-11,13-14,17-23,29H2,1-3H3,(H5-,48,49,54,55,57,58,59,60,61,62,63,64)/t33-,43+/m0/s1. The van der Waals surface area contributed by atoms with Gasteiger partial charge in [-0.15, -0.1) is 0 Å². The van der Waals surface area contributed by atoms with E-state index in [1.807, 2.05) is 24.3 Å². The molecule has 0 saturated carbocycles. The van der Waals surface area contributed by atoms with Crippen LogP contribution in [-0.2, 0) is 49.2 Å². The molecule has 5 N–H and O–H groups in total. The van der Waals surface area contributed by atoms with E-state index in [0.29, 0.717) is 12.0 Å². The fourth-order valence-corrected chi connectivity index (χ4v) is 12.5. The summed E-state index contributed by atoms with van der Waals surface area (Å²) in [5, 5.41) is 4.80. The number of carbonyl (C=O) groups excluding carboxylic acids is 2. The first-order valence-electron chi connectivity index (χ1n) is 23.5. The fourth-order valence-electron chi connectivity index (χ4n) is 9.47. The number of aromatic amines is 1. The first kappa shape index (κ1) is 52.8. The maximum Gasteiger partial charge on any atom is 0.487 e. The minimum absolute atomic E-state index is 0.0708. The van der Waals surface area contributed by atoms with Crippen molar-refractivity contribution >= 4 is 46.5 Å². The second-order valence-electron chi connectivity index (χ2n) is 17.6. The monoisotopic (exact) mass is 1050 g/mol. The highest BCUT2D eigenvalue weighted by Gasteiger charge is 2.39. The van der Waals surface area contributed by atoms with E-state index in [1.54, 1.807) is 11.9 Å². The van der Waals surface area contributed by atoms with Gasteiger partial charge in [0, 0.05) is 85.0 Å². The summed E-state index contributed by atoms with van der Waals surface area (Å²) in [7, 11) is -15.3. The lowest BCUT2D eigenvalue weighted by Crippen LogP contribution is -2.39. The zero-order valence-corrected chi connectivity index (χ0v) is 42.4. The lowest BCUT2D eigenvalue weighted by molar-refractivity contribution is -0.212. The van der Waals surface area contributed by atoms with Crippen LogP contribution in [0.1, 0.15) is 96.8 Å². The Bertz CT molecular complexity index is 3270. The molecule has 0 aliphatic carbocycles. The van der Waals surface area contributed by atoms with Crippen LogP contribution in [0.5, 0.6) is 11.5 Å². The van der Waals surface area contributed by atoms with Crippen molar-refractivity contribution in [2.45, 2.75) is 77.5 Å². The van der Waals surface area contributed by atoms with Gasteiger partial charge in [-0.25, -0.2) is 22.8 Å². The minimum Gasteiger partial charge on any atom is -0.756 e. The van der Waals surface area contributed by atoms with Gasteiger partial charge in [0.1, 0.15) is 36.4 Å². The number of amides is 2. The Morgan fingerprint density at radius 1 is 0.986 bits per heavy atom. The number of H-pyrrole nitrogens is 1. The number of fused-ring (bicyclic) bond motifs is 4. The van der Waals surface area contributed by atoms with Crippen molar-refractivity contribution in [2.75, 3.05) is 57.8 Å². The molecule has 22 nitrogen and oxygen atoms in total. The minimum atomic E-state index is -5.83. The highest BCUT2D eigenvalue weighted by molar-refractivity contribution is 7.66. The molecule has 1 aromatic heterocycles. The van der Waals surface area contributed by atoms with Crippen LogP contribution in [0, 0.1) is 11.8 Å². The molecule has 384 valence electrons. The highest BCUT2D eigenvalue weighted by Crippen LogP contribution is 2.65. The molecule has 3 aromatic carbocycles. The summed E-state index contributed by atoms with van der Waals surface area (Å²) >= 11 is 0. The third-order valence-electron chi connectivity index (χ3n) is 12.8. The van der Waals surface area contributed by atoms with Crippen LogP contribution < -0.4 is 46.2 Å². The lowest BCUT2D eigenvalue weighted by atomic mass is 9.86.